The lowest BCUT2D eigenvalue weighted by Gasteiger charge is -2.32. The lowest BCUT2D eigenvalue weighted by atomic mass is 9.86. The standard InChI is InChI=1S/C17H17BrFNO/c1-20-17(13-6-4-7-14(18)16(13)19)12-9-11-5-2-3-8-15(11)21-10-12/h2-8,12,17,20H,9-10H2,1H3. The highest BCUT2D eigenvalue weighted by Crippen LogP contribution is 2.35. The van der Waals surface area contributed by atoms with Gasteiger partial charge < -0.3 is 10.1 Å². The Morgan fingerprint density at radius 3 is 2.86 bits per heavy atom. The number of ether oxygens (including phenoxy) is 1. The van der Waals surface area contributed by atoms with E-state index in [1.165, 1.54) is 5.56 Å². The monoisotopic (exact) mass is 349 g/mol. The number of fused-ring (bicyclic) bond motifs is 1. The molecule has 110 valence electrons. The Morgan fingerprint density at radius 2 is 2.05 bits per heavy atom. The number of halogens is 2. The van der Waals surface area contributed by atoms with Crippen LogP contribution in [0.4, 0.5) is 4.39 Å². The van der Waals surface area contributed by atoms with Crippen molar-refractivity contribution in [1.29, 1.82) is 0 Å². The van der Waals surface area contributed by atoms with E-state index in [-0.39, 0.29) is 17.8 Å². The summed E-state index contributed by atoms with van der Waals surface area (Å²) in [5.41, 5.74) is 1.87. The van der Waals surface area contributed by atoms with E-state index in [0.29, 0.717) is 16.6 Å². The normalized spacial score (nSPS) is 18.7. The molecule has 1 aliphatic heterocycles. The smallest absolute Gasteiger partial charge is 0.142 e. The summed E-state index contributed by atoms with van der Waals surface area (Å²) in [6.45, 7) is 0.592. The minimum Gasteiger partial charge on any atom is -0.493 e. The Labute approximate surface area is 132 Å². The minimum absolute atomic E-state index is 0.0733. The van der Waals surface area contributed by atoms with Gasteiger partial charge in [-0.25, -0.2) is 4.39 Å². The third kappa shape index (κ3) is 2.83. The van der Waals surface area contributed by atoms with Crippen molar-refractivity contribution in [2.24, 2.45) is 5.92 Å². The van der Waals surface area contributed by atoms with Crippen LogP contribution in [0, 0.1) is 11.7 Å². The van der Waals surface area contributed by atoms with Crippen molar-refractivity contribution in [3.8, 4) is 5.75 Å². The quantitative estimate of drug-likeness (QED) is 0.900. The highest BCUT2D eigenvalue weighted by Gasteiger charge is 2.29. The maximum absolute atomic E-state index is 14.4. The number of hydrogen-bond donors (Lipinski definition) is 1. The van der Waals surface area contributed by atoms with Crippen LogP contribution in [0.25, 0.3) is 0 Å². The fraction of sp³-hybridized carbons (Fsp3) is 0.294. The Kier molecular flexibility index (Phi) is 4.27. The Balaban J connectivity index is 1.90. The second-order valence-corrected chi connectivity index (χ2v) is 6.15. The van der Waals surface area contributed by atoms with Crippen LogP contribution in [0.1, 0.15) is 17.2 Å². The summed E-state index contributed by atoms with van der Waals surface area (Å²) >= 11 is 3.26. The molecule has 0 aliphatic carbocycles. The molecule has 0 spiro atoms. The van der Waals surface area contributed by atoms with Gasteiger partial charge in [-0.05, 0) is 47.1 Å². The SMILES string of the molecule is CNC(c1cccc(Br)c1F)C1COc2ccccc2C1. The molecule has 2 nitrogen and oxygen atoms in total. The molecule has 4 heteroatoms. The molecular weight excluding hydrogens is 333 g/mol. The van der Waals surface area contributed by atoms with Crippen molar-refractivity contribution >= 4 is 15.9 Å². The van der Waals surface area contributed by atoms with E-state index in [4.69, 9.17) is 4.74 Å². The maximum atomic E-state index is 14.4. The van der Waals surface area contributed by atoms with Gasteiger partial charge in [0.15, 0.2) is 0 Å². The van der Waals surface area contributed by atoms with Gasteiger partial charge in [0.2, 0.25) is 0 Å². The summed E-state index contributed by atoms with van der Waals surface area (Å²) in [4.78, 5) is 0. The molecule has 0 bridgehead atoms. The van der Waals surface area contributed by atoms with Crippen LogP contribution in [0.15, 0.2) is 46.9 Å². The molecule has 0 saturated heterocycles. The summed E-state index contributed by atoms with van der Waals surface area (Å²) < 4.78 is 20.7. The lowest BCUT2D eigenvalue weighted by molar-refractivity contribution is 0.186. The zero-order chi connectivity index (χ0) is 14.8. The average molecular weight is 350 g/mol. The van der Waals surface area contributed by atoms with Crippen molar-refractivity contribution in [3.05, 3.63) is 63.9 Å². The molecule has 0 radical (unpaired) electrons. The third-order valence-corrected chi connectivity index (χ3v) is 4.62. The molecule has 1 heterocycles. The molecule has 2 aromatic rings. The van der Waals surface area contributed by atoms with Gasteiger partial charge >= 0.3 is 0 Å². The van der Waals surface area contributed by atoms with E-state index in [2.05, 4.69) is 27.3 Å². The number of benzene rings is 2. The average Bonchev–Trinajstić information content (AvgIpc) is 2.52. The van der Waals surface area contributed by atoms with Crippen LogP contribution < -0.4 is 10.1 Å². The van der Waals surface area contributed by atoms with E-state index < -0.39 is 0 Å². The van der Waals surface area contributed by atoms with Crippen molar-refractivity contribution in [2.75, 3.05) is 13.7 Å². The second kappa shape index (κ2) is 6.16. The first-order valence-corrected chi connectivity index (χ1v) is 7.82. The lowest BCUT2D eigenvalue weighted by Crippen LogP contribution is -2.34. The number of para-hydroxylation sites is 1. The predicted octanol–water partition coefficient (Wildman–Crippen LogP) is 4.10. The van der Waals surface area contributed by atoms with Gasteiger partial charge in [-0.2, -0.15) is 0 Å². The number of rotatable bonds is 3. The Bertz CT molecular complexity index is 646. The van der Waals surface area contributed by atoms with Crippen molar-refractivity contribution < 1.29 is 9.13 Å². The molecule has 0 saturated carbocycles. The van der Waals surface area contributed by atoms with Crippen molar-refractivity contribution in [2.45, 2.75) is 12.5 Å². The van der Waals surface area contributed by atoms with Crippen LogP contribution in [0.5, 0.6) is 5.75 Å². The third-order valence-electron chi connectivity index (χ3n) is 4.01. The van der Waals surface area contributed by atoms with E-state index in [1.54, 1.807) is 6.07 Å². The summed E-state index contributed by atoms with van der Waals surface area (Å²) in [5, 5.41) is 3.25. The highest BCUT2D eigenvalue weighted by molar-refractivity contribution is 9.10. The maximum Gasteiger partial charge on any atom is 0.142 e. The Hall–Kier alpha value is -1.39. The molecule has 2 aromatic carbocycles. The van der Waals surface area contributed by atoms with Crippen LogP contribution in [-0.4, -0.2) is 13.7 Å². The van der Waals surface area contributed by atoms with E-state index in [9.17, 15) is 4.39 Å². The van der Waals surface area contributed by atoms with Crippen molar-refractivity contribution in [1.82, 2.24) is 5.32 Å². The fourth-order valence-electron chi connectivity index (χ4n) is 2.97. The second-order valence-electron chi connectivity index (χ2n) is 5.29. The fourth-order valence-corrected chi connectivity index (χ4v) is 3.35. The molecule has 3 rings (SSSR count). The first-order chi connectivity index (χ1) is 10.2. The molecular formula is C17H17BrFNO. The molecule has 0 amide bonds. The van der Waals surface area contributed by atoms with Gasteiger partial charge in [-0.1, -0.05) is 30.3 Å². The molecule has 2 atom stereocenters. The highest BCUT2D eigenvalue weighted by atomic mass is 79.9. The zero-order valence-corrected chi connectivity index (χ0v) is 13.4. The minimum atomic E-state index is -0.198. The van der Waals surface area contributed by atoms with E-state index in [0.717, 1.165) is 12.2 Å². The molecule has 0 fully saturated rings. The molecule has 1 N–H and O–H groups in total. The van der Waals surface area contributed by atoms with Crippen molar-refractivity contribution in [3.63, 3.8) is 0 Å². The van der Waals surface area contributed by atoms with Crippen LogP contribution >= 0.6 is 15.9 Å². The van der Waals surface area contributed by atoms with Crippen LogP contribution in [0.2, 0.25) is 0 Å². The first-order valence-electron chi connectivity index (χ1n) is 7.02. The number of hydrogen-bond acceptors (Lipinski definition) is 2. The molecule has 1 aliphatic rings. The predicted molar refractivity (Wildman–Crippen MR) is 85.0 cm³/mol. The summed E-state index contributed by atoms with van der Waals surface area (Å²) in [6, 6.07) is 13.4. The summed E-state index contributed by atoms with van der Waals surface area (Å²) in [5.74, 6) is 0.947. The van der Waals surface area contributed by atoms with Gasteiger partial charge in [-0.3, -0.25) is 0 Å². The van der Waals surface area contributed by atoms with E-state index in [1.807, 2.05) is 37.4 Å². The molecule has 2 unspecified atom stereocenters. The van der Waals surface area contributed by atoms with Gasteiger partial charge in [0.1, 0.15) is 11.6 Å². The van der Waals surface area contributed by atoms with Crippen LogP contribution in [0.3, 0.4) is 0 Å². The topological polar surface area (TPSA) is 21.3 Å². The number of nitrogens with one attached hydrogen (secondary N) is 1. The van der Waals surface area contributed by atoms with Gasteiger partial charge in [0.25, 0.3) is 0 Å². The van der Waals surface area contributed by atoms with Gasteiger partial charge in [0.05, 0.1) is 11.1 Å². The van der Waals surface area contributed by atoms with Gasteiger partial charge in [0, 0.05) is 17.5 Å². The summed E-state index contributed by atoms with van der Waals surface area (Å²) in [7, 11) is 1.87. The van der Waals surface area contributed by atoms with Gasteiger partial charge in [-0.15, -0.1) is 0 Å². The largest absolute Gasteiger partial charge is 0.493 e. The molecule has 0 aromatic heterocycles. The van der Waals surface area contributed by atoms with E-state index >= 15 is 0 Å². The first kappa shape index (κ1) is 14.5. The van der Waals surface area contributed by atoms with Crippen LogP contribution in [-0.2, 0) is 6.42 Å². The Morgan fingerprint density at radius 1 is 1.24 bits per heavy atom. The summed E-state index contributed by atoms with van der Waals surface area (Å²) in [6.07, 6.45) is 0.883. The molecule has 21 heavy (non-hydrogen) atoms. The zero-order valence-electron chi connectivity index (χ0n) is 11.8.